The van der Waals surface area contributed by atoms with Gasteiger partial charge in [0.25, 0.3) is 0 Å². The molecule has 0 spiro atoms. The van der Waals surface area contributed by atoms with Crippen LogP contribution in [0.5, 0.6) is 0 Å². The summed E-state index contributed by atoms with van der Waals surface area (Å²) in [5, 5.41) is 0. The fraction of sp³-hybridized carbons (Fsp3) is 0.444. The van der Waals surface area contributed by atoms with Crippen LogP contribution in [0, 0.1) is 0 Å². The third kappa shape index (κ3) is 3.81. The van der Waals surface area contributed by atoms with Gasteiger partial charge >= 0.3 is 0 Å². The van der Waals surface area contributed by atoms with Crippen molar-refractivity contribution in [2.75, 3.05) is 0 Å². The maximum absolute atomic E-state index is 3.64. The topological polar surface area (TPSA) is 0 Å². The molecule has 0 bridgehead atoms. The van der Waals surface area contributed by atoms with Gasteiger partial charge in [-0.3, -0.25) is 0 Å². The standard InChI is InChI=1S/C9H14/c1-5-8(3)7-9(4)6-2/h5H,1,6H2,2-4H3. The first-order valence-electron chi connectivity index (χ1n) is 3.26. The molecule has 0 aromatic rings. The normalized spacial score (nSPS) is 7.89. The van der Waals surface area contributed by atoms with Crippen molar-refractivity contribution in [3.63, 3.8) is 0 Å². The number of allylic oxidation sites excluding steroid dienone is 2. The van der Waals surface area contributed by atoms with E-state index in [1.54, 1.807) is 0 Å². The van der Waals surface area contributed by atoms with E-state index in [2.05, 4.69) is 26.2 Å². The molecule has 0 unspecified atom stereocenters. The first-order valence-corrected chi connectivity index (χ1v) is 3.26. The Labute approximate surface area is 57.6 Å². The van der Waals surface area contributed by atoms with Crippen LogP contribution in [0.4, 0.5) is 0 Å². The second-order valence-corrected chi connectivity index (χ2v) is 2.15. The van der Waals surface area contributed by atoms with Crippen molar-refractivity contribution in [2.45, 2.75) is 27.2 Å². The summed E-state index contributed by atoms with van der Waals surface area (Å²) in [6.45, 7) is 9.84. The van der Waals surface area contributed by atoms with Gasteiger partial charge in [0.05, 0.1) is 0 Å². The summed E-state index contributed by atoms with van der Waals surface area (Å²) in [6.07, 6.45) is 2.89. The van der Waals surface area contributed by atoms with Crippen molar-refractivity contribution in [2.24, 2.45) is 0 Å². The lowest BCUT2D eigenvalue weighted by Crippen LogP contribution is -1.67. The average Bonchev–Trinajstić information content (AvgIpc) is 1.87. The predicted molar refractivity (Wildman–Crippen MR) is 42.4 cm³/mol. The van der Waals surface area contributed by atoms with Gasteiger partial charge in [0.2, 0.25) is 0 Å². The van der Waals surface area contributed by atoms with Crippen LogP contribution in [0.25, 0.3) is 0 Å². The highest BCUT2D eigenvalue weighted by molar-refractivity contribution is 5.15. The zero-order valence-electron chi connectivity index (χ0n) is 6.49. The molecule has 50 valence electrons. The van der Waals surface area contributed by atoms with Gasteiger partial charge in [0.15, 0.2) is 0 Å². The maximum Gasteiger partial charge on any atom is -0.00979 e. The van der Waals surface area contributed by atoms with Gasteiger partial charge in [-0.25, -0.2) is 0 Å². The van der Waals surface area contributed by atoms with Gasteiger partial charge in [-0.15, -0.1) is 5.73 Å². The molecular formula is C9H14. The molecule has 0 saturated heterocycles. The van der Waals surface area contributed by atoms with Crippen molar-refractivity contribution >= 4 is 0 Å². The van der Waals surface area contributed by atoms with Gasteiger partial charge in [-0.2, -0.15) is 0 Å². The van der Waals surface area contributed by atoms with Crippen LogP contribution < -0.4 is 0 Å². The van der Waals surface area contributed by atoms with Crippen LogP contribution in [0.3, 0.4) is 0 Å². The monoisotopic (exact) mass is 122 g/mol. The molecule has 9 heavy (non-hydrogen) atoms. The van der Waals surface area contributed by atoms with E-state index in [0.717, 1.165) is 12.0 Å². The van der Waals surface area contributed by atoms with E-state index in [-0.39, 0.29) is 0 Å². The van der Waals surface area contributed by atoms with Gasteiger partial charge < -0.3 is 0 Å². The average molecular weight is 122 g/mol. The van der Waals surface area contributed by atoms with E-state index in [1.807, 2.05) is 13.0 Å². The van der Waals surface area contributed by atoms with E-state index in [4.69, 9.17) is 0 Å². The van der Waals surface area contributed by atoms with Gasteiger partial charge in [0.1, 0.15) is 0 Å². The Kier molecular flexibility index (Phi) is 3.83. The minimum Gasteiger partial charge on any atom is -0.119 e. The molecule has 0 aliphatic heterocycles. The molecule has 0 saturated carbocycles. The Morgan fingerprint density at radius 2 is 2.11 bits per heavy atom. The molecule has 0 aromatic carbocycles. The number of rotatable bonds is 2. The first kappa shape index (κ1) is 8.26. The molecule has 0 heterocycles. The Morgan fingerprint density at radius 1 is 1.56 bits per heavy atom. The Hall–Kier alpha value is -0.740. The van der Waals surface area contributed by atoms with Crippen LogP contribution in [-0.2, 0) is 0 Å². The Balaban J connectivity index is 4.37. The summed E-state index contributed by atoms with van der Waals surface area (Å²) >= 11 is 0. The molecular weight excluding hydrogens is 108 g/mol. The van der Waals surface area contributed by atoms with Crippen LogP contribution in [0.2, 0.25) is 0 Å². The SMILES string of the molecule is C=CC(C)=C=C(C)CC. The Bertz CT molecular complexity index is 155. The highest BCUT2D eigenvalue weighted by Gasteiger charge is 1.78. The lowest BCUT2D eigenvalue weighted by atomic mass is 10.2. The van der Waals surface area contributed by atoms with Gasteiger partial charge in [0, 0.05) is 0 Å². The zero-order chi connectivity index (χ0) is 7.28. The third-order valence-corrected chi connectivity index (χ3v) is 1.25. The zero-order valence-corrected chi connectivity index (χ0v) is 6.49. The highest BCUT2D eigenvalue weighted by atomic mass is 13.8. The third-order valence-electron chi connectivity index (χ3n) is 1.25. The molecule has 0 amide bonds. The molecule has 0 N–H and O–H groups in total. The van der Waals surface area contributed by atoms with Gasteiger partial charge in [-0.05, 0) is 31.4 Å². The summed E-state index contributed by atoms with van der Waals surface area (Å²) in [7, 11) is 0. The minimum absolute atomic E-state index is 1.07. The van der Waals surface area contributed by atoms with E-state index in [9.17, 15) is 0 Å². The smallest absolute Gasteiger partial charge is 0.00979 e. The minimum atomic E-state index is 1.07. The van der Waals surface area contributed by atoms with Crippen molar-refractivity contribution in [3.8, 4) is 0 Å². The molecule has 0 aliphatic carbocycles. The van der Waals surface area contributed by atoms with E-state index >= 15 is 0 Å². The number of hydrogen-bond donors (Lipinski definition) is 0. The predicted octanol–water partition coefficient (Wildman–Crippen LogP) is 3.07. The van der Waals surface area contributed by atoms with Gasteiger partial charge in [-0.1, -0.05) is 19.6 Å². The van der Waals surface area contributed by atoms with Crippen LogP contribution >= 0.6 is 0 Å². The lowest BCUT2D eigenvalue weighted by molar-refractivity contribution is 1.10. The summed E-state index contributed by atoms with van der Waals surface area (Å²) < 4.78 is 0. The van der Waals surface area contributed by atoms with Crippen LogP contribution in [-0.4, -0.2) is 0 Å². The molecule has 0 nitrogen and oxygen atoms in total. The van der Waals surface area contributed by atoms with Crippen molar-refractivity contribution in [1.82, 2.24) is 0 Å². The summed E-state index contributed by atoms with van der Waals surface area (Å²) in [5.41, 5.74) is 5.60. The van der Waals surface area contributed by atoms with E-state index < -0.39 is 0 Å². The lowest BCUT2D eigenvalue weighted by Gasteiger charge is -1.86. The Morgan fingerprint density at radius 3 is 2.44 bits per heavy atom. The number of hydrogen-bond acceptors (Lipinski definition) is 0. The van der Waals surface area contributed by atoms with Crippen LogP contribution in [0.1, 0.15) is 27.2 Å². The first-order chi connectivity index (χ1) is 4.20. The second-order valence-electron chi connectivity index (χ2n) is 2.15. The van der Waals surface area contributed by atoms with Crippen molar-refractivity contribution in [1.29, 1.82) is 0 Å². The van der Waals surface area contributed by atoms with Crippen LogP contribution in [0.15, 0.2) is 29.5 Å². The molecule has 0 atom stereocenters. The summed E-state index contributed by atoms with van der Waals surface area (Å²) in [4.78, 5) is 0. The molecule has 0 aliphatic rings. The van der Waals surface area contributed by atoms with E-state index in [1.165, 1.54) is 5.57 Å². The van der Waals surface area contributed by atoms with E-state index in [0.29, 0.717) is 0 Å². The molecule has 0 fully saturated rings. The molecule has 0 aromatic heterocycles. The molecule has 0 heteroatoms. The maximum atomic E-state index is 3.64. The largest absolute Gasteiger partial charge is 0.119 e. The second kappa shape index (κ2) is 4.17. The fourth-order valence-electron chi connectivity index (χ4n) is 0.476. The molecule has 0 radical (unpaired) electrons. The quantitative estimate of drug-likeness (QED) is 0.390. The summed E-state index contributed by atoms with van der Waals surface area (Å²) in [6, 6.07) is 0. The van der Waals surface area contributed by atoms with Crippen molar-refractivity contribution in [3.05, 3.63) is 29.5 Å². The molecule has 0 rings (SSSR count). The van der Waals surface area contributed by atoms with Crippen molar-refractivity contribution < 1.29 is 0 Å². The summed E-state index contributed by atoms with van der Waals surface area (Å²) in [5.74, 6) is 0. The fourth-order valence-corrected chi connectivity index (χ4v) is 0.476. The highest BCUT2D eigenvalue weighted by Crippen LogP contribution is 1.98.